The quantitative estimate of drug-likeness (QED) is 0.790. The molecule has 0 spiro atoms. The highest BCUT2D eigenvalue weighted by Gasteiger charge is 2.24. The fraction of sp³-hybridized carbons (Fsp3) is 0.421. The third-order valence-corrected chi connectivity index (χ3v) is 4.61. The summed E-state index contributed by atoms with van der Waals surface area (Å²) in [6.07, 6.45) is 8.87. The van der Waals surface area contributed by atoms with Gasteiger partial charge in [-0.05, 0) is 31.0 Å². The van der Waals surface area contributed by atoms with Gasteiger partial charge < -0.3 is 10.3 Å². The van der Waals surface area contributed by atoms with E-state index in [1.165, 1.54) is 53.8 Å². The van der Waals surface area contributed by atoms with Gasteiger partial charge in [-0.1, -0.05) is 32.8 Å². The number of nitrogens with one attached hydrogen (secondary N) is 2. The molecule has 22 heavy (non-hydrogen) atoms. The number of rotatable bonds is 5. The molecule has 1 aliphatic heterocycles. The highest BCUT2D eigenvalue weighted by Crippen LogP contribution is 2.35. The van der Waals surface area contributed by atoms with Crippen LogP contribution in [0.25, 0.3) is 17.0 Å². The number of hydrogen-bond donors (Lipinski definition) is 2. The Morgan fingerprint density at radius 3 is 2.95 bits per heavy atom. The van der Waals surface area contributed by atoms with Crippen LogP contribution in [-0.4, -0.2) is 16.5 Å². The smallest absolute Gasteiger partial charge is 0.0466 e. The molecule has 3 rings (SSSR count). The minimum Gasteiger partial charge on any atom is -0.384 e. The molecule has 0 saturated heterocycles. The summed E-state index contributed by atoms with van der Waals surface area (Å²) < 4.78 is 0. The lowest BCUT2D eigenvalue weighted by Crippen LogP contribution is -2.26. The summed E-state index contributed by atoms with van der Waals surface area (Å²) in [6.45, 7) is 9.52. The Hall–Kier alpha value is -2.03. The van der Waals surface area contributed by atoms with Crippen molar-refractivity contribution in [3.63, 3.8) is 0 Å². The van der Waals surface area contributed by atoms with E-state index in [0.717, 1.165) is 12.2 Å². The van der Waals surface area contributed by atoms with E-state index in [1.54, 1.807) is 0 Å². The van der Waals surface area contributed by atoms with Gasteiger partial charge in [-0.15, -0.1) is 0 Å². The van der Waals surface area contributed by atoms with Crippen molar-refractivity contribution < 1.29 is 0 Å². The van der Waals surface area contributed by atoms with Crippen LogP contribution in [-0.2, 0) is 0 Å². The van der Waals surface area contributed by atoms with Gasteiger partial charge in [-0.3, -0.25) is 4.98 Å². The zero-order chi connectivity index (χ0) is 15.5. The maximum atomic E-state index is 4.19. The number of unbranched alkanes of at least 4 members (excludes halogenated alkanes) is 2. The summed E-state index contributed by atoms with van der Waals surface area (Å²) >= 11 is 0. The van der Waals surface area contributed by atoms with Crippen LogP contribution >= 0.6 is 0 Å². The van der Waals surface area contributed by atoms with E-state index in [0.29, 0.717) is 5.92 Å². The minimum absolute atomic E-state index is 0.558. The summed E-state index contributed by atoms with van der Waals surface area (Å²) in [4.78, 5) is 7.86. The second-order valence-corrected chi connectivity index (χ2v) is 6.25. The molecule has 0 fully saturated rings. The first-order valence-corrected chi connectivity index (χ1v) is 8.27. The molecule has 0 amide bonds. The van der Waals surface area contributed by atoms with Crippen molar-refractivity contribution in [2.24, 2.45) is 0 Å². The molecule has 2 aromatic heterocycles. The Bertz CT molecular complexity index is 669. The molecule has 2 aromatic rings. The number of nitrogens with zero attached hydrogens (tertiary/aromatic N) is 1. The predicted molar refractivity (Wildman–Crippen MR) is 92.7 cm³/mol. The summed E-state index contributed by atoms with van der Waals surface area (Å²) in [5.41, 5.74) is 7.24. The number of aromatic nitrogens is 2. The Labute approximate surface area is 132 Å². The molecule has 3 heteroatoms. The number of hydrogen-bond acceptors (Lipinski definition) is 2. The Kier molecular flexibility index (Phi) is 4.32. The van der Waals surface area contributed by atoms with E-state index in [4.69, 9.17) is 0 Å². The van der Waals surface area contributed by atoms with Crippen LogP contribution < -0.4 is 5.32 Å². The van der Waals surface area contributed by atoms with Crippen LogP contribution in [0.2, 0.25) is 0 Å². The molecule has 3 nitrogen and oxygen atoms in total. The standard InChI is InChI=1S/C19H25N3/c1-4-5-6-7-15-12-21-14(3)17-10-18(22-19(15)17)16-8-9-20-11-13(16)2/h8-11,15,21-22H,3-7,12H2,1-2H3. The number of pyridine rings is 1. The van der Waals surface area contributed by atoms with Gasteiger partial charge in [0.25, 0.3) is 0 Å². The molecule has 0 aliphatic carbocycles. The average Bonchev–Trinajstić information content (AvgIpc) is 2.96. The first-order chi connectivity index (χ1) is 10.7. The third-order valence-electron chi connectivity index (χ3n) is 4.61. The van der Waals surface area contributed by atoms with Crippen molar-refractivity contribution in [1.29, 1.82) is 0 Å². The molecule has 1 unspecified atom stereocenters. The molecule has 0 bridgehead atoms. The molecule has 0 radical (unpaired) electrons. The van der Waals surface area contributed by atoms with Crippen molar-refractivity contribution in [3.05, 3.63) is 47.9 Å². The van der Waals surface area contributed by atoms with Crippen LogP contribution in [0.3, 0.4) is 0 Å². The molecule has 1 aliphatic rings. The molecule has 3 heterocycles. The highest BCUT2D eigenvalue weighted by molar-refractivity contribution is 5.74. The predicted octanol–water partition coefficient (Wildman–Crippen LogP) is 4.62. The van der Waals surface area contributed by atoms with Gasteiger partial charge in [0.05, 0.1) is 0 Å². The summed E-state index contributed by atoms with van der Waals surface area (Å²) in [7, 11) is 0. The zero-order valence-electron chi connectivity index (χ0n) is 13.6. The Morgan fingerprint density at radius 2 is 2.18 bits per heavy atom. The minimum atomic E-state index is 0.558. The first kappa shape index (κ1) is 14.9. The Balaban J connectivity index is 1.92. The number of fused-ring (bicyclic) bond motifs is 1. The van der Waals surface area contributed by atoms with Gasteiger partial charge in [-0.2, -0.15) is 0 Å². The SMILES string of the molecule is C=C1NCC(CCCCC)c2[nH]c(-c3ccncc3C)cc21. The van der Waals surface area contributed by atoms with Crippen molar-refractivity contribution in [1.82, 2.24) is 15.3 Å². The Morgan fingerprint density at radius 1 is 1.32 bits per heavy atom. The van der Waals surface area contributed by atoms with Crippen molar-refractivity contribution in [2.75, 3.05) is 6.54 Å². The molecule has 0 aromatic carbocycles. The second kappa shape index (κ2) is 6.39. The van der Waals surface area contributed by atoms with Gasteiger partial charge in [-0.25, -0.2) is 0 Å². The highest BCUT2D eigenvalue weighted by atomic mass is 14.9. The van der Waals surface area contributed by atoms with Crippen molar-refractivity contribution in [3.8, 4) is 11.3 Å². The van der Waals surface area contributed by atoms with Crippen LogP contribution in [0, 0.1) is 6.92 Å². The van der Waals surface area contributed by atoms with Crippen LogP contribution in [0.15, 0.2) is 31.1 Å². The van der Waals surface area contributed by atoms with Gasteiger partial charge in [0.2, 0.25) is 0 Å². The fourth-order valence-electron chi connectivity index (χ4n) is 3.29. The lowest BCUT2D eigenvalue weighted by Gasteiger charge is -2.25. The maximum absolute atomic E-state index is 4.19. The first-order valence-electron chi connectivity index (χ1n) is 8.27. The fourth-order valence-corrected chi connectivity index (χ4v) is 3.29. The monoisotopic (exact) mass is 295 g/mol. The van der Waals surface area contributed by atoms with Crippen molar-refractivity contribution in [2.45, 2.75) is 45.4 Å². The number of H-pyrrole nitrogens is 1. The summed E-state index contributed by atoms with van der Waals surface area (Å²) in [5.74, 6) is 0.558. The van der Waals surface area contributed by atoms with Gasteiger partial charge in [0.1, 0.15) is 0 Å². The van der Waals surface area contributed by atoms with E-state index in [2.05, 4.69) is 47.8 Å². The second-order valence-electron chi connectivity index (χ2n) is 6.25. The van der Waals surface area contributed by atoms with Gasteiger partial charge in [0, 0.05) is 53.1 Å². The van der Waals surface area contributed by atoms with Crippen LogP contribution in [0.4, 0.5) is 0 Å². The van der Waals surface area contributed by atoms with Crippen LogP contribution in [0.5, 0.6) is 0 Å². The lowest BCUT2D eigenvalue weighted by atomic mass is 9.91. The molecular formula is C19H25N3. The van der Waals surface area contributed by atoms with E-state index in [-0.39, 0.29) is 0 Å². The zero-order valence-corrected chi connectivity index (χ0v) is 13.6. The molecule has 0 saturated carbocycles. The lowest BCUT2D eigenvalue weighted by molar-refractivity contribution is 0.534. The topological polar surface area (TPSA) is 40.7 Å². The van der Waals surface area contributed by atoms with Gasteiger partial charge in [0.15, 0.2) is 0 Å². The number of aryl methyl sites for hydroxylation is 1. The molecular weight excluding hydrogens is 270 g/mol. The van der Waals surface area contributed by atoms with E-state index in [9.17, 15) is 0 Å². The largest absolute Gasteiger partial charge is 0.384 e. The summed E-state index contributed by atoms with van der Waals surface area (Å²) in [5, 5.41) is 3.47. The van der Waals surface area contributed by atoms with Crippen LogP contribution in [0.1, 0.15) is 55.3 Å². The van der Waals surface area contributed by atoms with E-state index >= 15 is 0 Å². The van der Waals surface area contributed by atoms with Crippen molar-refractivity contribution >= 4 is 5.70 Å². The average molecular weight is 295 g/mol. The summed E-state index contributed by atoms with van der Waals surface area (Å²) in [6, 6.07) is 4.31. The maximum Gasteiger partial charge on any atom is 0.0466 e. The number of aromatic amines is 1. The van der Waals surface area contributed by atoms with Gasteiger partial charge >= 0.3 is 0 Å². The molecule has 116 valence electrons. The molecule has 1 atom stereocenters. The van der Waals surface area contributed by atoms with E-state index < -0.39 is 0 Å². The molecule has 2 N–H and O–H groups in total. The van der Waals surface area contributed by atoms with E-state index in [1.807, 2.05) is 12.4 Å². The third kappa shape index (κ3) is 2.80. The normalized spacial score (nSPS) is 17.2.